The van der Waals surface area contributed by atoms with Crippen molar-refractivity contribution < 1.29 is 23.4 Å². The molecule has 0 heterocycles. The predicted molar refractivity (Wildman–Crippen MR) is 112 cm³/mol. The third-order valence-corrected chi connectivity index (χ3v) is 4.98. The van der Waals surface area contributed by atoms with Crippen molar-refractivity contribution in [2.24, 2.45) is 0 Å². The molecule has 0 fully saturated rings. The summed E-state index contributed by atoms with van der Waals surface area (Å²) in [5.74, 6) is -1.23. The van der Waals surface area contributed by atoms with E-state index in [4.69, 9.17) is 4.74 Å². The van der Waals surface area contributed by atoms with Gasteiger partial charge in [-0.15, -0.1) is 0 Å². The summed E-state index contributed by atoms with van der Waals surface area (Å²) in [4.78, 5) is 11.3. The molecular formula is C25H18F2O3. The van der Waals surface area contributed by atoms with E-state index < -0.39 is 17.6 Å². The van der Waals surface area contributed by atoms with E-state index in [0.717, 1.165) is 11.6 Å². The fraction of sp³-hybridized carbons (Fsp3) is 0.0800. The van der Waals surface area contributed by atoms with Crippen molar-refractivity contribution >= 4 is 23.2 Å². The van der Waals surface area contributed by atoms with Gasteiger partial charge in [0.25, 0.3) is 0 Å². The molecule has 1 aliphatic rings. The second-order valence-electron chi connectivity index (χ2n) is 7.03. The number of aliphatic carboxylic acids is 1. The van der Waals surface area contributed by atoms with Crippen LogP contribution in [0.1, 0.15) is 30.0 Å². The van der Waals surface area contributed by atoms with E-state index >= 15 is 0 Å². The Bertz CT molecular complexity index is 1190. The van der Waals surface area contributed by atoms with Crippen LogP contribution in [-0.2, 0) is 4.79 Å². The summed E-state index contributed by atoms with van der Waals surface area (Å²) in [5.41, 5.74) is 2.85. The number of carboxylic acids is 1. The highest BCUT2D eigenvalue weighted by Gasteiger charge is 2.29. The van der Waals surface area contributed by atoms with Crippen LogP contribution in [0.4, 0.5) is 8.78 Å². The first kappa shape index (κ1) is 19.6. The average Bonchev–Trinajstić information content (AvgIpc) is 2.94. The molecule has 150 valence electrons. The van der Waals surface area contributed by atoms with Gasteiger partial charge in [0.05, 0.1) is 6.42 Å². The highest BCUT2D eigenvalue weighted by molar-refractivity contribution is 6.07. The third-order valence-electron chi connectivity index (χ3n) is 4.98. The van der Waals surface area contributed by atoms with E-state index in [1.165, 1.54) is 6.07 Å². The molecule has 0 spiro atoms. The molecule has 0 aromatic heterocycles. The molecule has 0 radical (unpaired) electrons. The largest absolute Gasteiger partial charge is 0.481 e. The zero-order chi connectivity index (χ0) is 21.3. The molecule has 5 heteroatoms. The van der Waals surface area contributed by atoms with Crippen molar-refractivity contribution in [3.63, 3.8) is 0 Å². The van der Waals surface area contributed by atoms with Gasteiger partial charge < -0.3 is 9.84 Å². The minimum absolute atomic E-state index is 0.152. The Morgan fingerprint density at radius 1 is 1.00 bits per heavy atom. The molecule has 0 atom stereocenters. The minimum Gasteiger partial charge on any atom is -0.481 e. The number of hydrogen-bond acceptors (Lipinski definition) is 2. The summed E-state index contributed by atoms with van der Waals surface area (Å²) >= 11 is 0. The number of fused-ring (bicyclic) bond motifs is 1. The maximum Gasteiger partial charge on any atom is 0.307 e. The number of hydrogen-bond donors (Lipinski definition) is 1. The van der Waals surface area contributed by atoms with Gasteiger partial charge in [0.2, 0.25) is 0 Å². The molecule has 0 saturated heterocycles. The fourth-order valence-corrected chi connectivity index (χ4v) is 3.66. The van der Waals surface area contributed by atoms with Gasteiger partial charge in [-0.25, -0.2) is 8.78 Å². The first-order chi connectivity index (χ1) is 14.4. The molecule has 30 heavy (non-hydrogen) atoms. The molecular weight excluding hydrogens is 386 g/mol. The van der Waals surface area contributed by atoms with Crippen LogP contribution in [0.15, 0.2) is 72.3 Å². The Morgan fingerprint density at radius 3 is 2.47 bits per heavy atom. The minimum atomic E-state index is -1.07. The summed E-state index contributed by atoms with van der Waals surface area (Å²) in [6, 6.07) is 18.7. The molecule has 0 bridgehead atoms. The normalized spacial score (nSPS) is 14.2. The third kappa shape index (κ3) is 3.87. The molecule has 3 aromatic rings. The zero-order valence-electron chi connectivity index (χ0n) is 16.2. The van der Waals surface area contributed by atoms with Crippen molar-refractivity contribution in [3.8, 4) is 11.5 Å². The Balaban J connectivity index is 1.77. The van der Waals surface area contributed by atoms with Crippen LogP contribution in [0, 0.1) is 11.6 Å². The van der Waals surface area contributed by atoms with E-state index in [1.54, 1.807) is 13.0 Å². The topological polar surface area (TPSA) is 46.5 Å². The number of ether oxygens (including phenoxy) is 1. The highest BCUT2D eigenvalue weighted by atomic mass is 19.1. The maximum atomic E-state index is 14.5. The Morgan fingerprint density at radius 2 is 1.73 bits per heavy atom. The van der Waals surface area contributed by atoms with E-state index in [9.17, 15) is 18.7 Å². The van der Waals surface area contributed by atoms with Gasteiger partial charge in [0.1, 0.15) is 23.1 Å². The van der Waals surface area contributed by atoms with Gasteiger partial charge in [-0.2, -0.15) is 0 Å². The standard InChI is InChI=1S/C25H18F2O3/c1-15-20(22-12-17(26)13-23(27)25(22)21(15)14-24(28)29)11-16-6-5-9-19(10-16)30-18-7-3-2-4-8-18/h2-13H,14H2,1H3,(H,28,29)/b20-11-. The highest BCUT2D eigenvalue weighted by Crippen LogP contribution is 2.45. The number of carbonyl (C=O) groups is 1. The predicted octanol–water partition coefficient (Wildman–Crippen LogP) is 6.56. The molecule has 0 unspecified atom stereocenters. The van der Waals surface area contributed by atoms with Gasteiger partial charge in [-0.1, -0.05) is 30.3 Å². The number of benzene rings is 3. The number of para-hydroxylation sites is 1. The molecule has 1 aliphatic carbocycles. The number of allylic oxidation sites excluding steroid dienone is 2. The van der Waals surface area contributed by atoms with Crippen LogP contribution >= 0.6 is 0 Å². The lowest BCUT2D eigenvalue weighted by Gasteiger charge is -2.08. The Kier molecular flexibility index (Phi) is 5.19. The summed E-state index contributed by atoms with van der Waals surface area (Å²) in [6.07, 6.45) is 1.45. The van der Waals surface area contributed by atoms with Crippen LogP contribution in [0.25, 0.3) is 17.2 Å². The number of rotatable bonds is 5. The van der Waals surface area contributed by atoms with E-state index in [2.05, 4.69) is 0 Å². The van der Waals surface area contributed by atoms with Crippen LogP contribution in [0.3, 0.4) is 0 Å². The number of halogens is 2. The van der Waals surface area contributed by atoms with Crippen molar-refractivity contribution in [2.75, 3.05) is 0 Å². The lowest BCUT2D eigenvalue weighted by molar-refractivity contribution is -0.135. The molecule has 0 aliphatic heterocycles. The van der Waals surface area contributed by atoms with Crippen LogP contribution in [-0.4, -0.2) is 11.1 Å². The monoisotopic (exact) mass is 404 g/mol. The lowest BCUT2D eigenvalue weighted by Crippen LogP contribution is -1.99. The van der Waals surface area contributed by atoms with E-state index in [-0.39, 0.29) is 12.0 Å². The van der Waals surface area contributed by atoms with Crippen molar-refractivity contribution in [2.45, 2.75) is 13.3 Å². The van der Waals surface area contributed by atoms with E-state index in [0.29, 0.717) is 33.8 Å². The fourth-order valence-electron chi connectivity index (χ4n) is 3.66. The van der Waals surface area contributed by atoms with Gasteiger partial charge in [-0.05, 0) is 71.2 Å². The first-order valence-corrected chi connectivity index (χ1v) is 9.39. The van der Waals surface area contributed by atoms with Gasteiger partial charge >= 0.3 is 5.97 Å². The summed E-state index contributed by atoms with van der Waals surface area (Å²) in [5, 5.41) is 9.25. The molecule has 3 nitrogen and oxygen atoms in total. The average molecular weight is 404 g/mol. The van der Waals surface area contributed by atoms with Crippen LogP contribution in [0.5, 0.6) is 11.5 Å². The summed E-state index contributed by atoms with van der Waals surface area (Å²) in [7, 11) is 0. The summed E-state index contributed by atoms with van der Waals surface area (Å²) < 4.78 is 34.3. The zero-order valence-corrected chi connectivity index (χ0v) is 16.2. The van der Waals surface area contributed by atoms with Gasteiger partial charge in [-0.3, -0.25) is 4.79 Å². The molecule has 4 rings (SSSR count). The SMILES string of the molecule is CC1=C(CC(=O)O)c2c(F)cc(F)cc2/C1=C\c1cccc(Oc2ccccc2)c1. The van der Waals surface area contributed by atoms with Crippen molar-refractivity contribution in [1.82, 2.24) is 0 Å². The molecule has 1 N–H and O–H groups in total. The molecule has 0 amide bonds. The van der Waals surface area contributed by atoms with E-state index in [1.807, 2.05) is 54.6 Å². The van der Waals surface area contributed by atoms with Crippen molar-refractivity contribution in [3.05, 3.63) is 101 Å². The quantitative estimate of drug-likeness (QED) is 0.524. The molecule has 0 saturated carbocycles. The Labute approximate surface area is 172 Å². The van der Waals surface area contributed by atoms with Crippen LogP contribution < -0.4 is 4.74 Å². The number of carboxylic acid groups (broad SMARTS) is 1. The smallest absolute Gasteiger partial charge is 0.307 e. The lowest BCUT2D eigenvalue weighted by atomic mass is 10.00. The summed E-state index contributed by atoms with van der Waals surface area (Å²) in [6.45, 7) is 1.73. The Hall–Kier alpha value is -3.73. The van der Waals surface area contributed by atoms with Crippen molar-refractivity contribution in [1.29, 1.82) is 0 Å². The maximum absolute atomic E-state index is 14.5. The molecule has 3 aromatic carbocycles. The van der Waals surface area contributed by atoms with Gasteiger partial charge in [0, 0.05) is 11.6 Å². The second-order valence-corrected chi connectivity index (χ2v) is 7.03. The van der Waals surface area contributed by atoms with Crippen LogP contribution in [0.2, 0.25) is 0 Å². The first-order valence-electron chi connectivity index (χ1n) is 9.39. The van der Waals surface area contributed by atoms with Gasteiger partial charge in [0.15, 0.2) is 0 Å². The second kappa shape index (κ2) is 7.95.